The van der Waals surface area contributed by atoms with Gasteiger partial charge in [0.1, 0.15) is 12.0 Å². The van der Waals surface area contributed by atoms with Gasteiger partial charge in [-0.3, -0.25) is 9.97 Å². The molecule has 4 atom stereocenters. The SMILES string of the molecule is C#CC(CC(O)c1ccc(C2=C(C#N)c3cc(CC)cnc3C(C)C(C3CCC3)C2)nc1)C(F)(F)F. The molecule has 1 fully saturated rings. The standard InChI is InChI=1S/C29H30F3N3O/c1-4-18-11-24-25(14-33)23(13-22(19-7-6-8-19)17(3)28(24)35-15-18)26-10-9-20(16-34-26)27(36)12-21(5-2)29(30,31)32/h2,9-11,15-17,19,21-22,27,36H,4,6-8,12-13H2,1,3H3. The summed E-state index contributed by atoms with van der Waals surface area (Å²) in [5.41, 5.74) is 5.06. The first-order chi connectivity index (χ1) is 17.2. The summed E-state index contributed by atoms with van der Waals surface area (Å²) in [5, 5.41) is 20.7. The van der Waals surface area contributed by atoms with Crippen LogP contribution in [0.2, 0.25) is 0 Å². The average Bonchev–Trinajstić information content (AvgIpc) is 2.95. The Labute approximate surface area is 210 Å². The van der Waals surface area contributed by atoms with Gasteiger partial charge in [0.2, 0.25) is 0 Å². The maximum absolute atomic E-state index is 13.1. The number of halogens is 3. The van der Waals surface area contributed by atoms with Gasteiger partial charge in [0.05, 0.1) is 23.1 Å². The number of nitriles is 1. The lowest BCUT2D eigenvalue weighted by Crippen LogP contribution is -2.26. The van der Waals surface area contributed by atoms with Crippen molar-refractivity contribution in [2.75, 3.05) is 0 Å². The molecule has 0 saturated heterocycles. The van der Waals surface area contributed by atoms with Crippen molar-refractivity contribution < 1.29 is 18.3 Å². The molecule has 4 nitrogen and oxygen atoms in total. The van der Waals surface area contributed by atoms with E-state index in [4.69, 9.17) is 11.4 Å². The highest BCUT2D eigenvalue weighted by Crippen LogP contribution is 2.49. The van der Waals surface area contributed by atoms with E-state index in [1.165, 1.54) is 12.6 Å². The largest absolute Gasteiger partial charge is 0.402 e. The molecule has 2 heterocycles. The first kappa shape index (κ1) is 25.9. The Bertz CT molecular complexity index is 1220. The number of terminal acetylenes is 1. The predicted octanol–water partition coefficient (Wildman–Crippen LogP) is 6.63. The number of aliphatic hydroxyl groups excluding tert-OH is 1. The van der Waals surface area contributed by atoms with Crippen LogP contribution in [-0.2, 0) is 6.42 Å². The van der Waals surface area contributed by atoms with Crippen molar-refractivity contribution in [2.24, 2.45) is 17.8 Å². The molecule has 2 aliphatic rings. The molecule has 1 N–H and O–H groups in total. The van der Waals surface area contributed by atoms with Gasteiger partial charge in [0.15, 0.2) is 0 Å². The topological polar surface area (TPSA) is 69.8 Å². The molecule has 36 heavy (non-hydrogen) atoms. The molecule has 1 saturated carbocycles. The van der Waals surface area contributed by atoms with Crippen LogP contribution in [0.3, 0.4) is 0 Å². The zero-order valence-corrected chi connectivity index (χ0v) is 20.5. The first-order valence-corrected chi connectivity index (χ1v) is 12.5. The molecule has 0 radical (unpaired) electrons. The number of aryl methyl sites for hydroxylation is 1. The molecule has 2 aliphatic carbocycles. The van der Waals surface area contributed by atoms with Crippen LogP contribution in [0.1, 0.15) is 86.1 Å². The van der Waals surface area contributed by atoms with Gasteiger partial charge >= 0.3 is 6.18 Å². The Balaban J connectivity index is 1.73. The lowest BCUT2D eigenvalue weighted by atomic mass is 9.68. The Morgan fingerprint density at radius 3 is 2.50 bits per heavy atom. The summed E-state index contributed by atoms with van der Waals surface area (Å²) >= 11 is 0. The highest BCUT2D eigenvalue weighted by molar-refractivity contribution is 5.98. The summed E-state index contributed by atoms with van der Waals surface area (Å²) in [7, 11) is 0. The van der Waals surface area contributed by atoms with Crippen LogP contribution < -0.4 is 0 Å². The van der Waals surface area contributed by atoms with Crippen LogP contribution in [0.15, 0.2) is 30.6 Å². The number of hydrogen-bond donors (Lipinski definition) is 1. The maximum Gasteiger partial charge on any atom is 0.402 e. The van der Waals surface area contributed by atoms with Crippen LogP contribution in [0, 0.1) is 41.4 Å². The van der Waals surface area contributed by atoms with Gasteiger partial charge in [-0.05, 0) is 59.9 Å². The van der Waals surface area contributed by atoms with Crippen LogP contribution in [0.5, 0.6) is 0 Å². The molecule has 7 heteroatoms. The number of allylic oxidation sites excluding steroid dienone is 2. The minimum atomic E-state index is -4.58. The van der Waals surface area contributed by atoms with E-state index in [2.05, 4.69) is 24.0 Å². The summed E-state index contributed by atoms with van der Waals surface area (Å²) in [6, 6.07) is 7.72. The molecular formula is C29H30F3N3O. The van der Waals surface area contributed by atoms with Crippen molar-refractivity contribution in [3.05, 3.63) is 58.7 Å². The van der Waals surface area contributed by atoms with Crippen molar-refractivity contribution in [2.45, 2.75) is 70.6 Å². The highest BCUT2D eigenvalue weighted by atomic mass is 19.4. The Morgan fingerprint density at radius 2 is 1.97 bits per heavy atom. The number of hydrogen-bond acceptors (Lipinski definition) is 4. The van der Waals surface area contributed by atoms with Gasteiger partial charge in [-0.2, -0.15) is 18.4 Å². The number of aliphatic hydroxyl groups is 1. The summed E-state index contributed by atoms with van der Waals surface area (Å²) in [6.07, 6.45) is 6.70. The zero-order chi connectivity index (χ0) is 26.0. The first-order valence-electron chi connectivity index (χ1n) is 12.5. The van der Waals surface area contributed by atoms with E-state index >= 15 is 0 Å². The van der Waals surface area contributed by atoms with Gasteiger partial charge in [0.25, 0.3) is 0 Å². The van der Waals surface area contributed by atoms with Crippen molar-refractivity contribution in [3.8, 4) is 18.4 Å². The second-order valence-corrected chi connectivity index (χ2v) is 9.93. The highest BCUT2D eigenvalue weighted by Gasteiger charge is 2.40. The van der Waals surface area contributed by atoms with Crippen molar-refractivity contribution >= 4 is 11.1 Å². The smallest absolute Gasteiger partial charge is 0.388 e. The maximum atomic E-state index is 13.1. The summed E-state index contributed by atoms with van der Waals surface area (Å²) in [5.74, 6) is 0.731. The van der Waals surface area contributed by atoms with E-state index in [0.29, 0.717) is 29.5 Å². The van der Waals surface area contributed by atoms with Gasteiger partial charge in [-0.15, -0.1) is 6.42 Å². The third-order valence-corrected chi connectivity index (χ3v) is 7.87. The second-order valence-electron chi connectivity index (χ2n) is 9.93. The fraction of sp³-hybridized carbons (Fsp3) is 0.483. The van der Waals surface area contributed by atoms with E-state index in [0.717, 1.165) is 41.7 Å². The number of rotatable bonds is 6. The van der Waals surface area contributed by atoms with E-state index < -0.39 is 24.6 Å². The number of nitrogens with zero attached hydrogens (tertiary/aromatic N) is 3. The second kappa shape index (κ2) is 10.4. The van der Waals surface area contributed by atoms with Crippen molar-refractivity contribution in [3.63, 3.8) is 0 Å². The lowest BCUT2D eigenvalue weighted by Gasteiger charge is -2.37. The fourth-order valence-electron chi connectivity index (χ4n) is 5.39. The Morgan fingerprint density at radius 1 is 1.22 bits per heavy atom. The third-order valence-electron chi connectivity index (χ3n) is 7.87. The van der Waals surface area contributed by atoms with Gasteiger partial charge < -0.3 is 5.11 Å². The quantitative estimate of drug-likeness (QED) is 0.459. The number of aromatic nitrogens is 2. The van der Waals surface area contributed by atoms with E-state index in [-0.39, 0.29) is 11.5 Å². The Hall–Kier alpha value is -3.16. The molecule has 4 unspecified atom stereocenters. The third kappa shape index (κ3) is 5.04. The van der Waals surface area contributed by atoms with Crippen LogP contribution >= 0.6 is 0 Å². The summed E-state index contributed by atoms with van der Waals surface area (Å²) < 4.78 is 39.2. The van der Waals surface area contributed by atoms with Crippen molar-refractivity contribution in [1.29, 1.82) is 5.26 Å². The van der Waals surface area contributed by atoms with E-state index in [1.807, 2.05) is 13.1 Å². The molecule has 2 aromatic rings. The van der Waals surface area contributed by atoms with Crippen molar-refractivity contribution in [1.82, 2.24) is 9.97 Å². The van der Waals surface area contributed by atoms with Gasteiger partial charge in [0, 0.05) is 23.9 Å². The van der Waals surface area contributed by atoms with E-state index in [9.17, 15) is 23.5 Å². The van der Waals surface area contributed by atoms with Crippen LogP contribution in [0.4, 0.5) is 13.2 Å². The number of alkyl halides is 3. The van der Waals surface area contributed by atoms with E-state index in [1.54, 1.807) is 18.1 Å². The minimum absolute atomic E-state index is 0.182. The molecule has 0 spiro atoms. The molecule has 0 amide bonds. The molecular weight excluding hydrogens is 463 g/mol. The average molecular weight is 494 g/mol. The number of pyridine rings is 2. The fourth-order valence-corrected chi connectivity index (χ4v) is 5.39. The Kier molecular flexibility index (Phi) is 7.52. The zero-order valence-electron chi connectivity index (χ0n) is 20.5. The lowest BCUT2D eigenvalue weighted by molar-refractivity contribution is -0.165. The van der Waals surface area contributed by atoms with Gasteiger partial charge in [-0.1, -0.05) is 45.1 Å². The monoisotopic (exact) mass is 493 g/mol. The molecule has 0 bridgehead atoms. The van der Waals surface area contributed by atoms with Crippen LogP contribution in [-0.4, -0.2) is 21.3 Å². The summed E-state index contributed by atoms with van der Waals surface area (Å²) in [4.78, 5) is 9.31. The molecule has 0 aromatic carbocycles. The van der Waals surface area contributed by atoms with Crippen LogP contribution in [0.25, 0.3) is 11.1 Å². The molecule has 4 rings (SSSR count). The predicted molar refractivity (Wildman–Crippen MR) is 132 cm³/mol. The molecule has 188 valence electrons. The van der Waals surface area contributed by atoms with Gasteiger partial charge in [-0.25, -0.2) is 0 Å². The minimum Gasteiger partial charge on any atom is -0.388 e. The molecule has 2 aromatic heterocycles. The number of fused-ring (bicyclic) bond motifs is 1. The normalized spacial score (nSPS) is 22.0. The summed E-state index contributed by atoms with van der Waals surface area (Å²) in [6.45, 7) is 4.24. The molecule has 0 aliphatic heterocycles.